The molecule has 2 aliphatic heterocycles. The molecule has 164 valence electrons. The number of H-pyrrole nitrogens is 1. The topological polar surface area (TPSA) is 113 Å². The molecule has 1 aromatic carbocycles. The fraction of sp³-hybridized carbons (Fsp3) is 0.455. The predicted octanol–water partition coefficient (Wildman–Crippen LogP) is 0.948. The number of hydrogen-bond acceptors (Lipinski definition) is 5. The summed E-state index contributed by atoms with van der Waals surface area (Å²) in [4.78, 5) is 52.3. The van der Waals surface area contributed by atoms with Crippen molar-refractivity contribution in [3.8, 4) is 5.75 Å². The van der Waals surface area contributed by atoms with Crippen LogP contribution in [0.2, 0.25) is 0 Å². The standard InChI is InChI=1S/C22H26N4O5/c1-2-25-12-10-22(9-7-20(25)29)13-16(15-5-3-4-6-17(15)31-22)23-19(28)14-26-11-8-18(27)24-21(26)30/h3-6,8,11,16H,2,7,9-10,12-14H2,1H3,(H,23,28)(H,24,27,30)/t16-,22+/m0/s1. The number of rotatable bonds is 4. The number of aromatic nitrogens is 2. The fourth-order valence-electron chi connectivity index (χ4n) is 4.43. The molecule has 4 rings (SSSR count). The van der Waals surface area contributed by atoms with Crippen LogP contribution in [0.25, 0.3) is 0 Å². The molecule has 1 saturated heterocycles. The van der Waals surface area contributed by atoms with E-state index in [4.69, 9.17) is 4.74 Å². The number of para-hydroxylation sites is 1. The van der Waals surface area contributed by atoms with Crippen molar-refractivity contribution in [3.05, 3.63) is 62.9 Å². The molecule has 1 spiro atoms. The van der Waals surface area contributed by atoms with Crippen molar-refractivity contribution in [3.63, 3.8) is 0 Å². The minimum atomic E-state index is -0.631. The van der Waals surface area contributed by atoms with Crippen molar-refractivity contribution in [1.82, 2.24) is 19.8 Å². The summed E-state index contributed by atoms with van der Waals surface area (Å²) in [5.74, 6) is 0.489. The van der Waals surface area contributed by atoms with E-state index in [-0.39, 0.29) is 24.4 Å². The summed E-state index contributed by atoms with van der Waals surface area (Å²) in [6.07, 6.45) is 3.52. The number of amides is 2. The van der Waals surface area contributed by atoms with Crippen molar-refractivity contribution in [2.45, 2.75) is 50.8 Å². The Morgan fingerprint density at radius 3 is 2.81 bits per heavy atom. The average molecular weight is 426 g/mol. The van der Waals surface area contributed by atoms with Gasteiger partial charge >= 0.3 is 5.69 Å². The quantitative estimate of drug-likeness (QED) is 0.756. The second kappa shape index (κ2) is 8.41. The van der Waals surface area contributed by atoms with Crippen LogP contribution in [-0.2, 0) is 16.1 Å². The highest BCUT2D eigenvalue weighted by atomic mass is 16.5. The summed E-state index contributed by atoms with van der Waals surface area (Å²) >= 11 is 0. The first-order valence-electron chi connectivity index (χ1n) is 10.5. The van der Waals surface area contributed by atoms with Gasteiger partial charge in [0.25, 0.3) is 5.56 Å². The fourth-order valence-corrected chi connectivity index (χ4v) is 4.43. The Morgan fingerprint density at radius 2 is 2.03 bits per heavy atom. The van der Waals surface area contributed by atoms with E-state index in [0.29, 0.717) is 44.5 Å². The molecule has 1 aromatic heterocycles. The zero-order valence-corrected chi connectivity index (χ0v) is 17.4. The molecule has 0 aliphatic carbocycles. The van der Waals surface area contributed by atoms with Gasteiger partial charge in [-0.05, 0) is 19.4 Å². The van der Waals surface area contributed by atoms with Crippen molar-refractivity contribution < 1.29 is 14.3 Å². The molecular formula is C22H26N4O5. The molecule has 2 N–H and O–H groups in total. The van der Waals surface area contributed by atoms with Crippen molar-refractivity contribution in [1.29, 1.82) is 0 Å². The molecule has 2 amide bonds. The van der Waals surface area contributed by atoms with E-state index >= 15 is 0 Å². The van der Waals surface area contributed by atoms with E-state index in [1.807, 2.05) is 36.1 Å². The SMILES string of the molecule is CCN1CC[C@]2(CCC1=O)C[C@H](NC(=O)Cn1ccc(=O)[nH]c1=O)c1ccccc1O2. The maximum absolute atomic E-state index is 12.8. The Kier molecular flexibility index (Phi) is 5.67. The van der Waals surface area contributed by atoms with E-state index < -0.39 is 16.9 Å². The molecule has 0 saturated carbocycles. The summed E-state index contributed by atoms with van der Waals surface area (Å²) < 4.78 is 7.57. The van der Waals surface area contributed by atoms with Gasteiger partial charge in [0.1, 0.15) is 17.9 Å². The number of carbonyl (C=O) groups excluding carboxylic acids is 2. The number of likely N-dealkylation sites (tertiary alicyclic amines) is 1. The highest BCUT2D eigenvalue weighted by Crippen LogP contribution is 2.44. The van der Waals surface area contributed by atoms with E-state index in [2.05, 4.69) is 10.3 Å². The summed E-state index contributed by atoms with van der Waals surface area (Å²) in [6, 6.07) is 8.47. The summed E-state index contributed by atoms with van der Waals surface area (Å²) in [6.45, 7) is 3.05. The molecule has 2 aromatic rings. The highest BCUT2D eigenvalue weighted by molar-refractivity contribution is 5.77. The van der Waals surface area contributed by atoms with Crippen LogP contribution in [0.3, 0.4) is 0 Å². The van der Waals surface area contributed by atoms with Crippen LogP contribution in [0.15, 0.2) is 46.1 Å². The third kappa shape index (κ3) is 4.40. The molecule has 2 aliphatic rings. The Morgan fingerprint density at radius 1 is 1.23 bits per heavy atom. The normalized spacial score (nSPS) is 23.1. The smallest absolute Gasteiger partial charge is 0.328 e. The molecule has 9 heteroatoms. The number of benzene rings is 1. The van der Waals surface area contributed by atoms with Crippen LogP contribution in [-0.4, -0.2) is 45.0 Å². The molecule has 9 nitrogen and oxygen atoms in total. The summed E-state index contributed by atoms with van der Waals surface area (Å²) in [7, 11) is 0. The van der Waals surface area contributed by atoms with E-state index in [9.17, 15) is 19.2 Å². The first-order valence-corrected chi connectivity index (χ1v) is 10.5. The van der Waals surface area contributed by atoms with Crippen LogP contribution in [0.1, 0.15) is 44.2 Å². The largest absolute Gasteiger partial charge is 0.487 e. The number of carbonyl (C=O) groups is 2. The van der Waals surface area contributed by atoms with Crippen LogP contribution < -0.4 is 21.3 Å². The number of aromatic amines is 1. The van der Waals surface area contributed by atoms with Crippen molar-refractivity contribution in [2.24, 2.45) is 0 Å². The molecular weight excluding hydrogens is 400 g/mol. The lowest BCUT2D eigenvalue weighted by atomic mass is 9.82. The van der Waals surface area contributed by atoms with E-state index in [1.54, 1.807) is 0 Å². The molecule has 31 heavy (non-hydrogen) atoms. The van der Waals surface area contributed by atoms with Gasteiger partial charge < -0.3 is 15.0 Å². The van der Waals surface area contributed by atoms with Crippen LogP contribution in [0, 0.1) is 0 Å². The van der Waals surface area contributed by atoms with Crippen LogP contribution >= 0.6 is 0 Å². The molecule has 0 radical (unpaired) electrons. The number of fused-ring (bicyclic) bond motifs is 1. The zero-order valence-electron chi connectivity index (χ0n) is 17.4. The lowest BCUT2D eigenvalue weighted by Crippen LogP contribution is -2.46. The van der Waals surface area contributed by atoms with Gasteiger partial charge in [0.15, 0.2) is 0 Å². The second-order valence-corrected chi connectivity index (χ2v) is 8.11. The van der Waals surface area contributed by atoms with Crippen molar-refractivity contribution in [2.75, 3.05) is 13.1 Å². The predicted molar refractivity (Wildman–Crippen MR) is 113 cm³/mol. The number of hydrogen-bond donors (Lipinski definition) is 2. The van der Waals surface area contributed by atoms with Gasteiger partial charge in [-0.15, -0.1) is 0 Å². The zero-order chi connectivity index (χ0) is 22.0. The molecule has 3 heterocycles. The van der Waals surface area contributed by atoms with Gasteiger partial charge in [0, 0.05) is 50.2 Å². The molecule has 0 unspecified atom stereocenters. The monoisotopic (exact) mass is 426 g/mol. The Balaban J connectivity index is 1.56. The summed E-state index contributed by atoms with van der Waals surface area (Å²) in [5.41, 5.74) is -0.807. The van der Waals surface area contributed by atoms with Crippen molar-refractivity contribution >= 4 is 11.8 Å². The van der Waals surface area contributed by atoms with Gasteiger partial charge in [-0.25, -0.2) is 4.79 Å². The van der Waals surface area contributed by atoms with Gasteiger partial charge in [0.05, 0.1) is 6.04 Å². The van der Waals surface area contributed by atoms with E-state index in [1.165, 1.54) is 12.3 Å². The minimum Gasteiger partial charge on any atom is -0.487 e. The third-order valence-electron chi connectivity index (χ3n) is 6.11. The lowest BCUT2D eigenvalue weighted by Gasteiger charge is -2.42. The molecule has 2 atom stereocenters. The first kappa shape index (κ1) is 20.9. The van der Waals surface area contributed by atoms with Crippen LogP contribution in [0.4, 0.5) is 0 Å². The number of nitrogens with zero attached hydrogens (tertiary/aromatic N) is 2. The first-order chi connectivity index (χ1) is 14.9. The Hall–Kier alpha value is -3.36. The lowest BCUT2D eigenvalue weighted by molar-refractivity contribution is -0.130. The minimum absolute atomic E-state index is 0.125. The average Bonchev–Trinajstić information content (AvgIpc) is 2.89. The molecule has 0 bridgehead atoms. The van der Waals surface area contributed by atoms with Gasteiger partial charge in [0.2, 0.25) is 11.8 Å². The van der Waals surface area contributed by atoms with Gasteiger partial charge in [-0.2, -0.15) is 0 Å². The second-order valence-electron chi connectivity index (χ2n) is 8.11. The maximum atomic E-state index is 12.8. The summed E-state index contributed by atoms with van der Waals surface area (Å²) in [5, 5.41) is 3.02. The third-order valence-corrected chi connectivity index (χ3v) is 6.11. The Bertz CT molecular complexity index is 1110. The highest BCUT2D eigenvalue weighted by Gasteiger charge is 2.43. The molecule has 1 fully saturated rings. The number of ether oxygens (including phenoxy) is 1. The number of nitrogens with one attached hydrogen (secondary N) is 2. The van der Waals surface area contributed by atoms with E-state index in [0.717, 1.165) is 10.1 Å². The van der Waals surface area contributed by atoms with Crippen LogP contribution in [0.5, 0.6) is 5.75 Å². The Labute approximate surface area is 179 Å². The maximum Gasteiger partial charge on any atom is 0.328 e. The van der Waals surface area contributed by atoms with Gasteiger partial charge in [-0.3, -0.25) is 23.9 Å². The van der Waals surface area contributed by atoms with Gasteiger partial charge in [-0.1, -0.05) is 18.2 Å².